The van der Waals surface area contributed by atoms with Crippen LogP contribution in [0.3, 0.4) is 0 Å². The normalized spacial score (nSPS) is 18.7. The van der Waals surface area contributed by atoms with Crippen molar-refractivity contribution in [3.8, 4) is 11.5 Å². The average Bonchev–Trinajstić information content (AvgIpc) is 3.24. The minimum Gasteiger partial charge on any atom is -0.338 e. The monoisotopic (exact) mass is 392 g/mol. The van der Waals surface area contributed by atoms with Crippen LogP contribution >= 0.6 is 0 Å². The van der Waals surface area contributed by atoms with Gasteiger partial charge in [0.05, 0.1) is 17.3 Å². The second kappa shape index (κ2) is 7.09. The van der Waals surface area contributed by atoms with Gasteiger partial charge in [-0.1, -0.05) is 18.0 Å². The van der Waals surface area contributed by atoms with E-state index in [0.29, 0.717) is 24.5 Å². The van der Waals surface area contributed by atoms with Crippen LogP contribution < -0.4 is 0 Å². The third kappa shape index (κ3) is 3.54. The number of hydrogen-bond acceptors (Lipinski definition) is 6. The lowest BCUT2D eigenvalue weighted by atomic mass is 9.73. The Morgan fingerprint density at radius 3 is 2.76 bits per heavy atom. The van der Waals surface area contributed by atoms with Gasteiger partial charge in [0.2, 0.25) is 0 Å². The number of piperidine rings is 1. The van der Waals surface area contributed by atoms with E-state index in [1.807, 2.05) is 24.1 Å². The molecule has 3 aromatic rings. The molecule has 0 bridgehead atoms. The molecule has 1 saturated carbocycles. The van der Waals surface area contributed by atoms with Crippen molar-refractivity contribution in [3.63, 3.8) is 0 Å². The molecule has 8 nitrogen and oxygen atoms in total. The molecule has 0 spiro atoms. The van der Waals surface area contributed by atoms with Crippen LogP contribution in [0.25, 0.3) is 11.5 Å². The number of rotatable bonds is 5. The Labute approximate surface area is 168 Å². The highest BCUT2D eigenvalue weighted by Gasteiger charge is 2.45. The standard InChI is InChI=1S/C21H24N6O2/c1-26-14-17(13-23-26)19(28)27-9-6-21(7-10-27,11-15-4-5-15)20-24-18(29-25-20)16-3-2-8-22-12-16/h2-3,8,12-15H,4-7,9-11H2,1H3. The summed E-state index contributed by atoms with van der Waals surface area (Å²) in [6.45, 7) is 1.38. The van der Waals surface area contributed by atoms with E-state index in [4.69, 9.17) is 9.51 Å². The lowest BCUT2D eigenvalue weighted by molar-refractivity contribution is 0.0645. The lowest BCUT2D eigenvalue weighted by Gasteiger charge is -2.40. The smallest absolute Gasteiger partial charge is 0.259 e. The molecule has 1 saturated heterocycles. The van der Waals surface area contributed by atoms with Crippen LogP contribution in [0, 0.1) is 5.92 Å². The number of pyridine rings is 1. The van der Waals surface area contributed by atoms with Crippen LogP contribution in [0.1, 0.15) is 48.3 Å². The zero-order valence-corrected chi connectivity index (χ0v) is 16.5. The van der Waals surface area contributed by atoms with E-state index in [-0.39, 0.29) is 11.3 Å². The summed E-state index contributed by atoms with van der Waals surface area (Å²) in [5, 5.41) is 8.49. The van der Waals surface area contributed by atoms with Gasteiger partial charge in [0.15, 0.2) is 5.82 Å². The van der Waals surface area contributed by atoms with Crippen molar-refractivity contribution < 1.29 is 9.32 Å². The first kappa shape index (κ1) is 18.0. The quantitative estimate of drug-likeness (QED) is 0.663. The number of hydrogen-bond donors (Lipinski definition) is 0. The van der Waals surface area contributed by atoms with E-state index in [9.17, 15) is 4.79 Å². The van der Waals surface area contributed by atoms with Crippen LogP contribution in [0.5, 0.6) is 0 Å². The van der Waals surface area contributed by atoms with Crippen LogP contribution in [-0.2, 0) is 12.5 Å². The van der Waals surface area contributed by atoms with Gasteiger partial charge in [0.25, 0.3) is 11.8 Å². The molecule has 150 valence electrons. The summed E-state index contributed by atoms with van der Waals surface area (Å²) < 4.78 is 7.25. The third-order valence-corrected chi connectivity index (χ3v) is 6.14. The molecule has 0 unspecified atom stereocenters. The zero-order chi connectivity index (χ0) is 19.8. The van der Waals surface area contributed by atoms with Crippen LogP contribution in [0.15, 0.2) is 41.4 Å². The molecular weight excluding hydrogens is 368 g/mol. The van der Waals surface area contributed by atoms with Crippen molar-refractivity contribution in [2.75, 3.05) is 13.1 Å². The summed E-state index contributed by atoms with van der Waals surface area (Å²) in [6, 6.07) is 3.79. The van der Waals surface area contributed by atoms with Crippen LogP contribution in [0.2, 0.25) is 0 Å². The highest BCUT2D eigenvalue weighted by atomic mass is 16.5. The van der Waals surface area contributed by atoms with Crippen molar-refractivity contribution >= 4 is 5.91 Å². The predicted molar refractivity (Wildman–Crippen MR) is 105 cm³/mol. The maximum absolute atomic E-state index is 12.8. The van der Waals surface area contributed by atoms with Gasteiger partial charge in [-0.25, -0.2) is 0 Å². The van der Waals surface area contributed by atoms with Gasteiger partial charge in [-0.05, 0) is 37.3 Å². The van der Waals surface area contributed by atoms with E-state index in [1.165, 1.54) is 12.8 Å². The molecule has 1 aliphatic carbocycles. The highest BCUT2D eigenvalue weighted by molar-refractivity contribution is 5.93. The number of aromatic nitrogens is 5. The Hall–Kier alpha value is -3.03. The van der Waals surface area contributed by atoms with Gasteiger partial charge in [0.1, 0.15) is 0 Å². The Balaban J connectivity index is 1.36. The minimum absolute atomic E-state index is 0.0438. The largest absolute Gasteiger partial charge is 0.338 e. The molecule has 8 heteroatoms. The topological polar surface area (TPSA) is 89.9 Å². The van der Waals surface area contributed by atoms with E-state index in [1.54, 1.807) is 29.5 Å². The van der Waals surface area contributed by atoms with Gasteiger partial charge in [-0.3, -0.25) is 14.5 Å². The number of aryl methyl sites for hydroxylation is 1. The van der Waals surface area contributed by atoms with Gasteiger partial charge >= 0.3 is 0 Å². The number of carbonyl (C=O) groups excluding carboxylic acids is 1. The van der Waals surface area contributed by atoms with Gasteiger partial charge in [-0.15, -0.1) is 0 Å². The van der Waals surface area contributed by atoms with E-state index in [0.717, 1.165) is 36.6 Å². The zero-order valence-electron chi connectivity index (χ0n) is 16.5. The fourth-order valence-electron chi connectivity index (χ4n) is 4.29. The Bertz CT molecular complexity index is 999. The summed E-state index contributed by atoms with van der Waals surface area (Å²) in [5.41, 5.74) is 1.34. The molecular formula is C21H24N6O2. The minimum atomic E-state index is -0.128. The summed E-state index contributed by atoms with van der Waals surface area (Å²) in [4.78, 5) is 23.6. The Morgan fingerprint density at radius 2 is 2.10 bits per heavy atom. The van der Waals surface area contributed by atoms with E-state index >= 15 is 0 Å². The number of amides is 1. The first-order valence-corrected chi connectivity index (χ1v) is 10.2. The van der Waals surface area contributed by atoms with E-state index in [2.05, 4.69) is 15.2 Å². The van der Waals surface area contributed by atoms with Gasteiger partial charge < -0.3 is 9.42 Å². The van der Waals surface area contributed by atoms with Crippen LogP contribution in [0.4, 0.5) is 0 Å². The maximum atomic E-state index is 12.8. The fraction of sp³-hybridized carbons (Fsp3) is 0.476. The number of likely N-dealkylation sites (tertiary alicyclic amines) is 1. The summed E-state index contributed by atoms with van der Waals surface area (Å²) in [6.07, 6.45) is 12.2. The molecule has 0 N–H and O–H groups in total. The molecule has 1 amide bonds. The average molecular weight is 392 g/mol. The van der Waals surface area contributed by atoms with Gasteiger partial charge in [-0.2, -0.15) is 10.1 Å². The van der Waals surface area contributed by atoms with Gasteiger partial charge in [0, 0.05) is 44.1 Å². The Morgan fingerprint density at radius 1 is 1.28 bits per heavy atom. The molecule has 1 aliphatic heterocycles. The molecule has 29 heavy (non-hydrogen) atoms. The Kier molecular flexibility index (Phi) is 4.41. The summed E-state index contributed by atoms with van der Waals surface area (Å²) in [5.74, 6) is 2.06. The van der Waals surface area contributed by atoms with Crippen LogP contribution in [-0.4, -0.2) is 48.8 Å². The second-order valence-electron chi connectivity index (χ2n) is 8.29. The molecule has 2 aliphatic rings. The molecule has 2 fully saturated rings. The molecule has 3 aromatic heterocycles. The van der Waals surface area contributed by atoms with E-state index < -0.39 is 0 Å². The van der Waals surface area contributed by atoms with Crippen molar-refractivity contribution in [1.82, 2.24) is 29.8 Å². The van der Waals surface area contributed by atoms with Crippen molar-refractivity contribution in [3.05, 3.63) is 48.3 Å². The molecule has 0 aromatic carbocycles. The maximum Gasteiger partial charge on any atom is 0.259 e. The number of carbonyl (C=O) groups is 1. The van der Waals surface area contributed by atoms with Crippen molar-refractivity contribution in [2.24, 2.45) is 13.0 Å². The predicted octanol–water partition coefficient (Wildman–Crippen LogP) is 2.84. The molecule has 5 rings (SSSR count). The molecule has 0 radical (unpaired) electrons. The first-order chi connectivity index (χ1) is 14.1. The second-order valence-corrected chi connectivity index (χ2v) is 8.29. The summed E-state index contributed by atoms with van der Waals surface area (Å²) >= 11 is 0. The number of nitrogens with zero attached hydrogens (tertiary/aromatic N) is 6. The van der Waals surface area contributed by atoms with Crippen molar-refractivity contribution in [1.29, 1.82) is 0 Å². The third-order valence-electron chi connectivity index (χ3n) is 6.14. The summed E-state index contributed by atoms with van der Waals surface area (Å²) in [7, 11) is 1.82. The SMILES string of the molecule is Cn1cc(C(=O)N2CCC(CC3CC3)(c3noc(-c4cccnc4)n3)CC2)cn1. The first-order valence-electron chi connectivity index (χ1n) is 10.2. The lowest BCUT2D eigenvalue weighted by Crippen LogP contribution is -2.46. The molecule has 4 heterocycles. The van der Waals surface area contributed by atoms with Crippen molar-refractivity contribution in [2.45, 2.75) is 37.5 Å². The fourth-order valence-corrected chi connectivity index (χ4v) is 4.29. The highest BCUT2D eigenvalue weighted by Crippen LogP contribution is 2.46. The molecule has 0 atom stereocenters.